The highest BCUT2D eigenvalue weighted by molar-refractivity contribution is 6.24. The summed E-state index contributed by atoms with van der Waals surface area (Å²) in [6, 6.07) is -2.21. The van der Waals surface area contributed by atoms with Gasteiger partial charge < -0.3 is 26.2 Å². The van der Waals surface area contributed by atoms with E-state index in [2.05, 4.69) is 0 Å². The average Bonchev–Trinajstić information content (AvgIpc) is 2.71. The predicted molar refractivity (Wildman–Crippen MR) is 90.8 cm³/mol. The monoisotopic (exact) mass is 377 g/mol. The number of carbonyl (C=O) groups excluding carboxylic acids is 3. The molecule has 0 saturated heterocycles. The zero-order valence-corrected chi connectivity index (χ0v) is 13.6. The van der Waals surface area contributed by atoms with Crippen molar-refractivity contribution in [2.24, 2.45) is 17.5 Å². The highest BCUT2D eigenvalue weighted by atomic mass is 16.3. The molecule has 27 heavy (non-hydrogen) atoms. The number of phenolic OH excluding ortho intramolecular Hbond substituents is 1. The summed E-state index contributed by atoms with van der Waals surface area (Å²) < 4.78 is 48.9. The van der Waals surface area contributed by atoms with Crippen molar-refractivity contribution in [2.45, 2.75) is 24.8 Å². The molecule has 0 fully saturated rings. The molecule has 4 rings (SSSR count). The Labute approximate surface area is 161 Å². The summed E-state index contributed by atoms with van der Waals surface area (Å²) in [6.07, 6.45) is -4.49. The van der Waals surface area contributed by atoms with Crippen LogP contribution in [0.25, 0.3) is 0 Å². The third kappa shape index (κ3) is 2.10. The molecule has 8 heteroatoms. The van der Waals surface area contributed by atoms with Crippen LogP contribution in [0, 0.1) is 11.8 Å². The molecule has 6 N–H and O–H groups in total. The van der Waals surface area contributed by atoms with Crippen molar-refractivity contribution in [3.8, 4) is 5.75 Å². The van der Waals surface area contributed by atoms with Gasteiger partial charge >= 0.3 is 0 Å². The standard InChI is InChI=1S/C19H17NO7/c20-18(26)14-11(22)6-9-5-8-4-7-2-1-3-10(21)12(7)15(23)13(8)16(24)19(9,27)17(14)25/h1-3,8-9,21-22,24,27H,4-6H2,(H2,20,26)/t8?,9?,19-/m0/s1/i1D,2D,3D,6D2,8D. The van der Waals surface area contributed by atoms with Gasteiger partial charge in [0.25, 0.3) is 5.91 Å². The number of primary amides is 1. The van der Waals surface area contributed by atoms with Crippen molar-refractivity contribution < 1.29 is 43.0 Å². The van der Waals surface area contributed by atoms with Gasteiger partial charge in [-0.2, -0.15) is 0 Å². The van der Waals surface area contributed by atoms with Crippen molar-refractivity contribution in [3.05, 3.63) is 51.9 Å². The zero-order chi connectivity index (χ0) is 25.0. The lowest BCUT2D eigenvalue weighted by Gasteiger charge is -2.45. The van der Waals surface area contributed by atoms with E-state index in [0.29, 0.717) is 0 Å². The summed E-state index contributed by atoms with van der Waals surface area (Å²) >= 11 is 0. The molecule has 0 aliphatic heterocycles. The first-order chi connectivity index (χ1) is 15.0. The Morgan fingerprint density at radius 2 is 2.04 bits per heavy atom. The Balaban J connectivity index is 2.07. The molecular weight excluding hydrogens is 354 g/mol. The second kappa shape index (κ2) is 5.43. The van der Waals surface area contributed by atoms with Gasteiger partial charge in [0.05, 0.1) is 9.68 Å². The number of aromatic hydroxyl groups is 1. The van der Waals surface area contributed by atoms with Crippen LogP contribution in [0.15, 0.2) is 40.8 Å². The van der Waals surface area contributed by atoms with Crippen LogP contribution in [-0.4, -0.2) is 43.5 Å². The molecule has 1 aromatic rings. The molecule has 3 aliphatic rings. The molecule has 3 atom stereocenters. The molecule has 0 saturated carbocycles. The van der Waals surface area contributed by atoms with Crippen LogP contribution in [0.1, 0.15) is 36.9 Å². The molecule has 1 amide bonds. The van der Waals surface area contributed by atoms with Crippen LogP contribution in [0.2, 0.25) is 0 Å². The summed E-state index contributed by atoms with van der Waals surface area (Å²) in [4.78, 5) is 37.9. The Kier molecular flexibility index (Phi) is 2.33. The molecule has 0 aromatic heterocycles. The highest BCUT2D eigenvalue weighted by Crippen LogP contribution is 2.51. The molecule has 0 bridgehead atoms. The highest BCUT2D eigenvalue weighted by Gasteiger charge is 2.59. The van der Waals surface area contributed by atoms with E-state index in [1.165, 1.54) is 0 Å². The number of rotatable bonds is 1. The van der Waals surface area contributed by atoms with Gasteiger partial charge in [0, 0.05) is 22.0 Å². The first-order valence-electron chi connectivity index (χ1n) is 10.8. The number of aliphatic hydroxyl groups is 3. The quantitative estimate of drug-likeness (QED) is 0.448. The van der Waals surface area contributed by atoms with E-state index in [1.54, 1.807) is 0 Å². The molecule has 2 unspecified atom stereocenters. The number of amides is 1. The van der Waals surface area contributed by atoms with E-state index in [0.717, 1.165) is 0 Å². The molecular formula is C19H17NO7. The number of hydrogen-bond acceptors (Lipinski definition) is 7. The fraction of sp³-hybridized carbons (Fsp3) is 0.316. The first-order valence-corrected chi connectivity index (χ1v) is 7.84. The average molecular weight is 377 g/mol. The van der Waals surface area contributed by atoms with E-state index < -0.39 is 106 Å². The summed E-state index contributed by atoms with van der Waals surface area (Å²) in [5, 5.41) is 42.7. The van der Waals surface area contributed by atoms with Crippen LogP contribution < -0.4 is 5.73 Å². The summed E-state index contributed by atoms with van der Waals surface area (Å²) in [5.74, 6) is -12.7. The van der Waals surface area contributed by atoms with Gasteiger partial charge in [-0.15, -0.1) is 0 Å². The number of Topliss-reactive ketones (excluding diaryl/α,β-unsaturated/α-hetero) is 2. The maximum atomic E-state index is 13.3. The Hall–Kier alpha value is -3.13. The second-order valence-electron chi connectivity index (χ2n) is 6.49. The fourth-order valence-corrected chi connectivity index (χ4v) is 3.78. The van der Waals surface area contributed by atoms with E-state index in [-0.39, 0.29) is 5.56 Å². The van der Waals surface area contributed by atoms with Crippen molar-refractivity contribution in [1.82, 2.24) is 0 Å². The molecule has 140 valence electrons. The van der Waals surface area contributed by atoms with Crippen LogP contribution in [0.3, 0.4) is 0 Å². The minimum Gasteiger partial charge on any atom is -0.511 e. The van der Waals surface area contributed by atoms with E-state index >= 15 is 0 Å². The normalized spacial score (nSPS) is 37.7. The zero-order valence-electron chi connectivity index (χ0n) is 19.6. The molecule has 0 spiro atoms. The number of carbonyl (C=O) groups is 3. The van der Waals surface area contributed by atoms with Gasteiger partial charge in [-0.05, 0) is 30.3 Å². The minimum absolute atomic E-state index is 0.296. The van der Waals surface area contributed by atoms with Crippen LogP contribution in [0.5, 0.6) is 5.75 Å². The molecule has 3 aliphatic carbocycles. The maximum absolute atomic E-state index is 13.3. The van der Waals surface area contributed by atoms with Crippen LogP contribution in [0.4, 0.5) is 0 Å². The lowest BCUT2D eigenvalue weighted by Crippen LogP contribution is -2.57. The second-order valence-corrected chi connectivity index (χ2v) is 6.49. The van der Waals surface area contributed by atoms with Crippen molar-refractivity contribution in [1.29, 1.82) is 0 Å². The number of fused-ring (bicyclic) bond motifs is 3. The number of nitrogens with two attached hydrogens (primary N) is 1. The van der Waals surface area contributed by atoms with Gasteiger partial charge in [0.15, 0.2) is 11.4 Å². The smallest absolute Gasteiger partial charge is 0.255 e. The number of phenols is 1. The Morgan fingerprint density at radius 3 is 2.70 bits per heavy atom. The SMILES string of the molecule is [2H]c1c([2H])c(O)c2c(c1[2H])CC1([2H])CC3C([2H])([2H])C(O)=C(C(N)=O)C(=O)[C@@]3(O)C(O)=C1C2=O. The third-order valence-corrected chi connectivity index (χ3v) is 5.05. The summed E-state index contributed by atoms with van der Waals surface area (Å²) in [7, 11) is 0. The van der Waals surface area contributed by atoms with E-state index in [4.69, 9.17) is 14.0 Å². The van der Waals surface area contributed by atoms with Gasteiger partial charge in [-0.25, -0.2) is 0 Å². The number of allylic oxidation sites excluding steroid dienone is 2. The van der Waals surface area contributed by atoms with Crippen molar-refractivity contribution in [2.75, 3.05) is 0 Å². The summed E-state index contributed by atoms with van der Waals surface area (Å²) in [5.41, 5.74) is -1.34. The summed E-state index contributed by atoms with van der Waals surface area (Å²) in [6.45, 7) is 0. The number of benzene rings is 1. The lowest BCUT2D eigenvalue weighted by atomic mass is 9.60. The Bertz CT molecular complexity index is 1270. The minimum atomic E-state index is -3.24. The lowest BCUT2D eigenvalue weighted by molar-refractivity contribution is -0.144. The fourth-order valence-electron chi connectivity index (χ4n) is 3.78. The first kappa shape index (κ1) is 11.6. The molecule has 0 radical (unpaired) electrons. The van der Waals surface area contributed by atoms with Crippen molar-refractivity contribution in [3.63, 3.8) is 0 Å². The van der Waals surface area contributed by atoms with Gasteiger partial charge in [0.1, 0.15) is 22.8 Å². The van der Waals surface area contributed by atoms with E-state index in [9.17, 15) is 34.8 Å². The number of hydrogen-bond donors (Lipinski definition) is 5. The Morgan fingerprint density at radius 1 is 1.33 bits per heavy atom. The predicted octanol–water partition coefficient (Wildman–Crippen LogP) is 0.581. The maximum Gasteiger partial charge on any atom is 0.255 e. The third-order valence-electron chi connectivity index (χ3n) is 5.05. The molecule has 0 heterocycles. The molecule has 8 nitrogen and oxygen atoms in total. The van der Waals surface area contributed by atoms with Crippen LogP contribution in [-0.2, 0) is 16.0 Å². The van der Waals surface area contributed by atoms with Gasteiger partial charge in [0.2, 0.25) is 5.78 Å². The van der Waals surface area contributed by atoms with Gasteiger partial charge in [-0.1, -0.05) is 12.1 Å². The van der Waals surface area contributed by atoms with Gasteiger partial charge in [-0.3, -0.25) is 14.4 Å². The number of ketones is 2. The number of aliphatic hydroxyl groups excluding tert-OH is 2. The molecule has 1 aromatic carbocycles. The van der Waals surface area contributed by atoms with Crippen molar-refractivity contribution >= 4 is 17.5 Å². The van der Waals surface area contributed by atoms with E-state index in [1.807, 2.05) is 0 Å². The largest absolute Gasteiger partial charge is 0.511 e. The topological polar surface area (TPSA) is 158 Å². The van der Waals surface area contributed by atoms with Crippen LogP contribution >= 0.6 is 0 Å².